The molecule has 0 radical (unpaired) electrons. The molecule has 0 fully saturated rings. The van der Waals surface area contributed by atoms with Crippen LogP contribution in [0.25, 0.3) is 10.9 Å². The van der Waals surface area contributed by atoms with Crippen LogP contribution in [0.15, 0.2) is 48.9 Å². The summed E-state index contributed by atoms with van der Waals surface area (Å²) in [5.41, 5.74) is 2.10. The highest BCUT2D eigenvalue weighted by Gasteiger charge is 2.11. The third-order valence-electron chi connectivity index (χ3n) is 3.18. The molecule has 0 aliphatic carbocycles. The first-order valence-corrected chi connectivity index (χ1v) is 6.31. The number of hydrogen-bond acceptors (Lipinski definition) is 3. The number of nitrogens with one attached hydrogen (secondary N) is 1. The molecule has 3 nitrogen and oxygen atoms in total. The molecule has 2 aromatic rings. The molecule has 3 rings (SSSR count). The lowest BCUT2D eigenvalue weighted by atomic mass is 10.1. The number of aromatic nitrogens is 1. The second-order valence-electron chi connectivity index (χ2n) is 4.47. The van der Waals surface area contributed by atoms with Crippen molar-refractivity contribution in [1.29, 1.82) is 0 Å². The molecule has 0 spiro atoms. The van der Waals surface area contributed by atoms with Crippen molar-refractivity contribution in [3.05, 3.63) is 48.9 Å². The van der Waals surface area contributed by atoms with Crippen LogP contribution in [-0.4, -0.2) is 17.6 Å². The molecule has 3 heteroatoms. The van der Waals surface area contributed by atoms with E-state index >= 15 is 0 Å². The topological polar surface area (TPSA) is 34.1 Å². The minimum absolute atomic E-state index is 0.258. The van der Waals surface area contributed by atoms with Gasteiger partial charge in [-0.05, 0) is 31.1 Å². The summed E-state index contributed by atoms with van der Waals surface area (Å²) in [5, 5.41) is 4.60. The standard InChI is InChI=1S/C15H16N2O/c1-2-10-18-13(7-1)11-17-14-8-3-5-12-6-4-9-16-15(12)14/h2-6,8-10,13,17H,1,7,11H2. The third-order valence-corrected chi connectivity index (χ3v) is 3.18. The highest BCUT2D eigenvalue weighted by molar-refractivity contribution is 5.90. The molecule has 0 bridgehead atoms. The van der Waals surface area contributed by atoms with E-state index in [1.165, 1.54) is 0 Å². The van der Waals surface area contributed by atoms with Gasteiger partial charge in [0.05, 0.1) is 24.0 Å². The number of benzene rings is 1. The summed E-state index contributed by atoms with van der Waals surface area (Å²) in [5.74, 6) is 0. The first-order chi connectivity index (χ1) is 8.93. The predicted molar refractivity (Wildman–Crippen MR) is 73.5 cm³/mol. The van der Waals surface area contributed by atoms with Crippen molar-refractivity contribution in [3.63, 3.8) is 0 Å². The largest absolute Gasteiger partial charge is 0.497 e. The molecule has 1 aromatic carbocycles. The molecule has 0 amide bonds. The lowest BCUT2D eigenvalue weighted by Crippen LogP contribution is -2.23. The SMILES string of the molecule is C1=COC(CNc2cccc3cccnc23)CC1. The van der Waals surface area contributed by atoms with E-state index in [1.54, 1.807) is 6.26 Å². The van der Waals surface area contributed by atoms with Crippen LogP contribution in [0, 0.1) is 0 Å². The lowest BCUT2D eigenvalue weighted by Gasteiger charge is -2.20. The van der Waals surface area contributed by atoms with Gasteiger partial charge in [-0.15, -0.1) is 0 Å². The number of hydrogen-bond donors (Lipinski definition) is 1. The molecule has 2 heterocycles. The van der Waals surface area contributed by atoms with Crippen LogP contribution >= 0.6 is 0 Å². The molecule has 1 N–H and O–H groups in total. The molecule has 1 aromatic heterocycles. The molecule has 1 aliphatic rings. The van der Waals surface area contributed by atoms with E-state index in [9.17, 15) is 0 Å². The molecule has 0 saturated carbocycles. The highest BCUT2D eigenvalue weighted by Crippen LogP contribution is 2.21. The smallest absolute Gasteiger partial charge is 0.115 e. The summed E-state index contributed by atoms with van der Waals surface area (Å²) in [6.45, 7) is 0.819. The van der Waals surface area contributed by atoms with Crippen LogP contribution in [0.3, 0.4) is 0 Å². The van der Waals surface area contributed by atoms with Gasteiger partial charge in [0, 0.05) is 11.6 Å². The van der Waals surface area contributed by atoms with E-state index in [2.05, 4.69) is 34.6 Å². The van der Waals surface area contributed by atoms with Gasteiger partial charge in [-0.1, -0.05) is 18.2 Å². The fourth-order valence-corrected chi connectivity index (χ4v) is 2.21. The number of pyridine rings is 1. The van der Waals surface area contributed by atoms with Crippen LogP contribution < -0.4 is 5.32 Å². The summed E-state index contributed by atoms with van der Waals surface area (Å²) < 4.78 is 5.55. The van der Waals surface area contributed by atoms with E-state index in [1.807, 2.05) is 18.3 Å². The number of ether oxygens (including phenoxy) is 1. The van der Waals surface area contributed by atoms with Gasteiger partial charge in [-0.2, -0.15) is 0 Å². The molecule has 92 valence electrons. The zero-order valence-electron chi connectivity index (χ0n) is 10.2. The van der Waals surface area contributed by atoms with Gasteiger partial charge in [0.2, 0.25) is 0 Å². The number of nitrogens with zero attached hydrogens (tertiary/aromatic N) is 1. The number of rotatable bonds is 3. The maximum Gasteiger partial charge on any atom is 0.115 e. The van der Waals surface area contributed by atoms with Crippen LogP contribution in [-0.2, 0) is 4.74 Å². The van der Waals surface area contributed by atoms with E-state index in [4.69, 9.17) is 4.74 Å². The summed E-state index contributed by atoms with van der Waals surface area (Å²) >= 11 is 0. The van der Waals surface area contributed by atoms with E-state index in [0.717, 1.165) is 36.0 Å². The Hall–Kier alpha value is -2.03. The van der Waals surface area contributed by atoms with Crippen molar-refractivity contribution in [1.82, 2.24) is 4.98 Å². The van der Waals surface area contributed by atoms with Gasteiger partial charge in [0.25, 0.3) is 0 Å². The van der Waals surface area contributed by atoms with Crippen LogP contribution in [0.1, 0.15) is 12.8 Å². The Labute approximate surface area is 106 Å². The fraction of sp³-hybridized carbons (Fsp3) is 0.267. The second-order valence-corrected chi connectivity index (χ2v) is 4.47. The van der Waals surface area contributed by atoms with Crippen LogP contribution in [0.2, 0.25) is 0 Å². The van der Waals surface area contributed by atoms with Crippen molar-refractivity contribution < 1.29 is 4.74 Å². The highest BCUT2D eigenvalue weighted by atomic mass is 16.5. The van der Waals surface area contributed by atoms with Crippen molar-refractivity contribution in [2.24, 2.45) is 0 Å². The lowest BCUT2D eigenvalue weighted by molar-refractivity contribution is 0.135. The molecule has 18 heavy (non-hydrogen) atoms. The third kappa shape index (κ3) is 2.30. The predicted octanol–water partition coefficient (Wildman–Crippen LogP) is 3.34. The van der Waals surface area contributed by atoms with Gasteiger partial charge in [0.15, 0.2) is 0 Å². The summed E-state index contributed by atoms with van der Waals surface area (Å²) in [6, 6.07) is 10.2. The van der Waals surface area contributed by atoms with Gasteiger partial charge in [-0.25, -0.2) is 0 Å². The Bertz CT molecular complexity index is 560. The maximum atomic E-state index is 5.55. The summed E-state index contributed by atoms with van der Waals surface area (Å²) in [7, 11) is 0. The Balaban J connectivity index is 1.76. The van der Waals surface area contributed by atoms with Crippen molar-refractivity contribution in [3.8, 4) is 0 Å². The minimum atomic E-state index is 0.258. The zero-order chi connectivity index (χ0) is 12.2. The quantitative estimate of drug-likeness (QED) is 0.893. The number of para-hydroxylation sites is 1. The van der Waals surface area contributed by atoms with E-state index in [0.29, 0.717) is 0 Å². The first-order valence-electron chi connectivity index (χ1n) is 6.31. The Morgan fingerprint density at radius 1 is 1.28 bits per heavy atom. The van der Waals surface area contributed by atoms with E-state index in [-0.39, 0.29) is 6.10 Å². The number of allylic oxidation sites excluding steroid dienone is 1. The average molecular weight is 240 g/mol. The number of fused-ring (bicyclic) bond motifs is 1. The maximum absolute atomic E-state index is 5.55. The van der Waals surface area contributed by atoms with Gasteiger partial charge < -0.3 is 10.1 Å². The summed E-state index contributed by atoms with van der Waals surface area (Å²) in [4.78, 5) is 4.43. The molecular weight excluding hydrogens is 224 g/mol. The summed E-state index contributed by atoms with van der Waals surface area (Å²) in [6.07, 6.45) is 8.12. The molecule has 1 aliphatic heterocycles. The van der Waals surface area contributed by atoms with Gasteiger partial charge >= 0.3 is 0 Å². The van der Waals surface area contributed by atoms with Crippen LogP contribution in [0.4, 0.5) is 5.69 Å². The minimum Gasteiger partial charge on any atom is -0.497 e. The van der Waals surface area contributed by atoms with Crippen molar-refractivity contribution in [2.45, 2.75) is 18.9 Å². The van der Waals surface area contributed by atoms with Crippen molar-refractivity contribution >= 4 is 16.6 Å². The molecule has 0 saturated heterocycles. The van der Waals surface area contributed by atoms with Gasteiger partial charge in [-0.3, -0.25) is 4.98 Å². The Kier molecular flexibility index (Phi) is 3.13. The second kappa shape index (κ2) is 5.08. The molecule has 1 atom stereocenters. The monoisotopic (exact) mass is 240 g/mol. The molecular formula is C15H16N2O. The Morgan fingerprint density at radius 3 is 3.11 bits per heavy atom. The first kappa shape index (κ1) is 11.1. The van der Waals surface area contributed by atoms with Crippen LogP contribution in [0.5, 0.6) is 0 Å². The molecule has 1 unspecified atom stereocenters. The Morgan fingerprint density at radius 2 is 2.22 bits per heavy atom. The van der Waals surface area contributed by atoms with E-state index < -0.39 is 0 Å². The average Bonchev–Trinajstić information content (AvgIpc) is 2.46. The zero-order valence-corrected chi connectivity index (χ0v) is 10.2. The fourth-order valence-electron chi connectivity index (χ4n) is 2.21. The van der Waals surface area contributed by atoms with Crippen molar-refractivity contribution in [2.75, 3.05) is 11.9 Å². The normalized spacial score (nSPS) is 18.6. The van der Waals surface area contributed by atoms with Gasteiger partial charge in [0.1, 0.15) is 6.10 Å². The number of anilines is 1.